The third-order valence-electron chi connectivity index (χ3n) is 4.97. The first-order chi connectivity index (χ1) is 9.88. The van der Waals surface area contributed by atoms with E-state index < -0.39 is 0 Å². The Hall–Kier alpha value is -1.15. The van der Waals surface area contributed by atoms with Crippen LogP contribution < -0.4 is 0 Å². The number of benzene rings is 1. The van der Waals surface area contributed by atoms with Gasteiger partial charge in [-0.2, -0.15) is 0 Å². The molecule has 3 unspecified atom stereocenters. The van der Waals surface area contributed by atoms with E-state index in [0.29, 0.717) is 30.3 Å². The number of piperidine rings is 1. The number of rotatable bonds is 4. The van der Waals surface area contributed by atoms with Gasteiger partial charge >= 0.3 is 0 Å². The molecule has 1 aromatic carbocycles. The molecule has 0 bridgehead atoms. The maximum Gasteiger partial charge on any atom is 0.176 e. The first-order valence-electron chi connectivity index (χ1n) is 8.25. The molecule has 116 valence electrons. The van der Waals surface area contributed by atoms with Crippen LogP contribution >= 0.6 is 0 Å². The third kappa shape index (κ3) is 3.94. The average molecular weight is 287 g/mol. The van der Waals surface area contributed by atoms with Gasteiger partial charge in [0.2, 0.25) is 0 Å². The molecule has 1 aliphatic rings. The van der Waals surface area contributed by atoms with Gasteiger partial charge in [-0.3, -0.25) is 9.69 Å². The average Bonchev–Trinajstić information content (AvgIpc) is 2.44. The number of ketones is 1. The van der Waals surface area contributed by atoms with Crippen LogP contribution in [-0.4, -0.2) is 29.8 Å². The summed E-state index contributed by atoms with van der Waals surface area (Å²) >= 11 is 0. The van der Waals surface area contributed by atoms with E-state index in [1.165, 1.54) is 12.0 Å². The zero-order chi connectivity index (χ0) is 15.6. The summed E-state index contributed by atoms with van der Waals surface area (Å²) < 4.78 is 0. The van der Waals surface area contributed by atoms with Crippen molar-refractivity contribution in [1.29, 1.82) is 0 Å². The summed E-state index contributed by atoms with van der Waals surface area (Å²) in [5, 5.41) is 0. The minimum Gasteiger partial charge on any atom is -0.293 e. The summed E-state index contributed by atoms with van der Waals surface area (Å²) in [6, 6.07) is 8.64. The molecule has 0 saturated carbocycles. The maximum atomic E-state index is 12.5. The fourth-order valence-electron chi connectivity index (χ4n) is 3.37. The summed E-state index contributed by atoms with van der Waals surface area (Å²) in [4.78, 5) is 14.9. The van der Waals surface area contributed by atoms with Gasteiger partial charge in [-0.05, 0) is 36.7 Å². The predicted molar refractivity (Wildman–Crippen MR) is 88.8 cm³/mol. The van der Waals surface area contributed by atoms with Gasteiger partial charge in [0, 0.05) is 18.2 Å². The monoisotopic (exact) mass is 287 g/mol. The van der Waals surface area contributed by atoms with Crippen LogP contribution in [0.2, 0.25) is 0 Å². The lowest BCUT2D eigenvalue weighted by Crippen LogP contribution is -2.47. The molecular weight excluding hydrogens is 258 g/mol. The molecule has 0 spiro atoms. The van der Waals surface area contributed by atoms with Gasteiger partial charge in [-0.25, -0.2) is 0 Å². The highest BCUT2D eigenvalue weighted by Crippen LogP contribution is 2.27. The Kier molecular flexibility index (Phi) is 5.21. The molecule has 0 N–H and O–H groups in total. The molecule has 1 fully saturated rings. The van der Waals surface area contributed by atoms with Gasteiger partial charge in [-0.15, -0.1) is 0 Å². The summed E-state index contributed by atoms with van der Waals surface area (Å²) in [6.45, 7) is 12.8. The highest BCUT2D eigenvalue weighted by molar-refractivity contribution is 5.97. The lowest BCUT2D eigenvalue weighted by Gasteiger charge is -2.40. The van der Waals surface area contributed by atoms with E-state index in [2.05, 4.69) is 51.7 Å². The van der Waals surface area contributed by atoms with E-state index in [0.717, 1.165) is 12.1 Å². The fourth-order valence-corrected chi connectivity index (χ4v) is 3.37. The second-order valence-corrected chi connectivity index (χ2v) is 7.19. The normalized spacial score (nSPS) is 27.0. The lowest BCUT2D eigenvalue weighted by atomic mass is 9.85. The van der Waals surface area contributed by atoms with Crippen molar-refractivity contribution in [3.8, 4) is 0 Å². The molecule has 2 heteroatoms. The molecule has 0 aromatic heterocycles. The van der Waals surface area contributed by atoms with Crippen LogP contribution in [0.4, 0.5) is 0 Å². The van der Waals surface area contributed by atoms with E-state index in [1.54, 1.807) is 0 Å². The van der Waals surface area contributed by atoms with Crippen molar-refractivity contribution in [2.45, 2.75) is 53.0 Å². The number of Topliss-reactive ketones (excluding diaryl/α,β-unsaturated/α-hetero) is 1. The van der Waals surface area contributed by atoms with Crippen LogP contribution in [0.5, 0.6) is 0 Å². The van der Waals surface area contributed by atoms with Crippen LogP contribution in [0.1, 0.15) is 62.9 Å². The zero-order valence-electron chi connectivity index (χ0n) is 14.1. The van der Waals surface area contributed by atoms with E-state index in [9.17, 15) is 4.79 Å². The Balaban J connectivity index is 2.03. The van der Waals surface area contributed by atoms with Crippen LogP contribution in [0.25, 0.3) is 0 Å². The molecule has 0 amide bonds. The Bertz CT molecular complexity index is 477. The molecule has 21 heavy (non-hydrogen) atoms. The first-order valence-corrected chi connectivity index (χ1v) is 8.25. The number of carbonyl (C=O) groups excluding carboxylic acids is 1. The van der Waals surface area contributed by atoms with E-state index in [4.69, 9.17) is 0 Å². The quantitative estimate of drug-likeness (QED) is 0.767. The minimum atomic E-state index is 0.249. The van der Waals surface area contributed by atoms with Crippen molar-refractivity contribution in [2.75, 3.05) is 13.1 Å². The maximum absolute atomic E-state index is 12.5. The number of hydrogen-bond donors (Lipinski definition) is 0. The largest absolute Gasteiger partial charge is 0.293 e. The first kappa shape index (κ1) is 16.2. The topological polar surface area (TPSA) is 20.3 Å². The number of nitrogens with zero attached hydrogens (tertiary/aromatic N) is 1. The summed E-state index contributed by atoms with van der Waals surface area (Å²) in [5.41, 5.74) is 2.14. The van der Waals surface area contributed by atoms with Gasteiger partial charge in [0.1, 0.15) is 0 Å². The van der Waals surface area contributed by atoms with Crippen LogP contribution in [-0.2, 0) is 0 Å². The highest BCUT2D eigenvalue weighted by atomic mass is 16.1. The van der Waals surface area contributed by atoms with Crippen molar-refractivity contribution < 1.29 is 4.79 Å². The molecule has 0 aliphatic carbocycles. The summed E-state index contributed by atoms with van der Waals surface area (Å²) in [6.07, 6.45) is 1.27. The predicted octanol–water partition coefficient (Wildman–Crippen LogP) is 4.36. The van der Waals surface area contributed by atoms with Gasteiger partial charge in [-0.1, -0.05) is 52.0 Å². The molecule has 3 atom stereocenters. The van der Waals surface area contributed by atoms with Crippen LogP contribution in [0.3, 0.4) is 0 Å². The van der Waals surface area contributed by atoms with Crippen molar-refractivity contribution in [1.82, 2.24) is 4.90 Å². The van der Waals surface area contributed by atoms with Crippen molar-refractivity contribution in [3.63, 3.8) is 0 Å². The second-order valence-electron chi connectivity index (χ2n) is 7.19. The highest BCUT2D eigenvalue weighted by Gasteiger charge is 2.29. The van der Waals surface area contributed by atoms with E-state index in [1.807, 2.05) is 12.1 Å². The van der Waals surface area contributed by atoms with Crippen LogP contribution in [0.15, 0.2) is 24.3 Å². The third-order valence-corrected chi connectivity index (χ3v) is 4.97. The minimum absolute atomic E-state index is 0.249. The van der Waals surface area contributed by atoms with Crippen molar-refractivity contribution in [2.24, 2.45) is 11.8 Å². The van der Waals surface area contributed by atoms with Gasteiger partial charge in [0.05, 0.1) is 6.54 Å². The number of hydrogen-bond acceptors (Lipinski definition) is 2. The standard InChI is InChI=1S/C19H29NO/c1-13(2)17-6-8-18(9-7-17)19(21)12-20-11-14(3)10-15(4)16(20)5/h6-9,13-16H,10-12H2,1-5H3. The van der Waals surface area contributed by atoms with E-state index >= 15 is 0 Å². The summed E-state index contributed by atoms with van der Waals surface area (Å²) in [5.74, 6) is 2.12. The molecule has 0 radical (unpaired) electrons. The SMILES string of the molecule is CC1CC(C)C(C)N(CC(=O)c2ccc(C(C)C)cc2)C1. The number of likely N-dealkylation sites (tertiary alicyclic amines) is 1. The van der Waals surface area contributed by atoms with Gasteiger partial charge in [0.25, 0.3) is 0 Å². The Morgan fingerprint density at radius 3 is 2.38 bits per heavy atom. The molecule has 1 saturated heterocycles. The van der Waals surface area contributed by atoms with Crippen LogP contribution in [0, 0.1) is 11.8 Å². The smallest absolute Gasteiger partial charge is 0.176 e. The molecule has 1 aromatic rings. The lowest BCUT2D eigenvalue weighted by molar-refractivity contribution is 0.0650. The molecule has 1 aliphatic heterocycles. The summed E-state index contributed by atoms with van der Waals surface area (Å²) in [7, 11) is 0. The van der Waals surface area contributed by atoms with E-state index in [-0.39, 0.29) is 5.78 Å². The Morgan fingerprint density at radius 1 is 1.19 bits per heavy atom. The second kappa shape index (κ2) is 6.74. The van der Waals surface area contributed by atoms with Crippen molar-refractivity contribution >= 4 is 5.78 Å². The van der Waals surface area contributed by atoms with Gasteiger partial charge < -0.3 is 0 Å². The Morgan fingerprint density at radius 2 is 1.81 bits per heavy atom. The fraction of sp³-hybridized carbons (Fsp3) is 0.632. The van der Waals surface area contributed by atoms with Crippen molar-refractivity contribution in [3.05, 3.63) is 35.4 Å². The molecule has 2 nitrogen and oxygen atoms in total. The number of carbonyl (C=O) groups is 1. The van der Waals surface area contributed by atoms with Gasteiger partial charge in [0.15, 0.2) is 5.78 Å². The molecule has 1 heterocycles. The molecule has 2 rings (SSSR count). The molecular formula is C19H29NO. The Labute approximate surface area is 129 Å². The zero-order valence-corrected chi connectivity index (χ0v) is 14.1.